The molecule has 1 aliphatic rings. The first-order valence-corrected chi connectivity index (χ1v) is 7.74. The van der Waals surface area contributed by atoms with E-state index >= 15 is 0 Å². The van der Waals surface area contributed by atoms with Crippen LogP contribution in [0.25, 0.3) is 0 Å². The van der Waals surface area contributed by atoms with E-state index in [2.05, 4.69) is 15.0 Å². The fraction of sp³-hybridized carbons (Fsp3) is 0.600. The number of piperidine rings is 1. The van der Waals surface area contributed by atoms with Crippen LogP contribution in [0.2, 0.25) is 0 Å². The van der Waals surface area contributed by atoms with Gasteiger partial charge < -0.3 is 4.52 Å². The number of hydrogen-bond acceptors (Lipinski definition) is 6. The molecule has 0 spiro atoms. The van der Waals surface area contributed by atoms with Crippen molar-refractivity contribution in [3.63, 3.8) is 0 Å². The minimum Gasteiger partial charge on any atom is -0.339 e. The summed E-state index contributed by atoms with van der Waals surface area (Å²) in [5.74, 6) is 1.52. The normalized spacial score (nSPS) is 19.2. The highest BCUT2D eigenvalue weighted by molar-refractivity contribution is 5.04. The summed E-state index contributed by atoms with van der Waals surface area (Å²) in [6, 6.07) is 1.53. The monoisotopic (exact) mass is 319 g/mol. The lowest BCUT2D eigenvalue weighted by atomic mass is 9.98. The molecule has 2 aromatic rings. The summed E-state index contributed by atoms with van der Waals surface area (Å²) in [5.41, 5.74) is 0.151. The van der Waals surface area contributed by atoms with E-state index < -0.39 is 0 Å². The smallest absolute Gasteiger partial charge is 0.330 e. The number of likely N-dealkylation sites (tertiary alicyclic amines) is 1. The fourth-order valence-electron chi connectivity index (χ4n) is 3.04. The van der Waals surface area contributed by atoms with Crippen molar-refractivity contribution >= 4 is 0 Å². The van der Waals surface area contributed by atoms with Crippen LogP contribution in [0.1, 0.15) is 36.2 Å². The van der Waals surface area contributed by atoms with E-state index in [1.54, 1.807) is 7.05 Å². The van der Waals surface area contributed by atoms with E-state index in [0.717, 1.165) is 36.2 Å². The Morgan fingerprint density at radius 2 is 2.09 bits per heavy atom. The zero-order valence-corrected chi connectivity index (χ0v) is 13.7. The van der Waals surface area contributed by atoms with Gasteiger partial charge in [0, 0.05) is 38.9 Å². The van der Waals surface area contributed by atoms with Gasteiger partial charge in [-0.25, -0.2) is 4.79 Å². The van der Waals surface area contributed by atoms with Gasteiger partial charge in [-0.15, -0.1) is 0 Å². The first-order chi connectivity index (χ1) is 11.0. The van der Waals surface area contributed by atoms with E-state index in [9.17, 15) is 9.59 Å². The van der Waals surface area contributed by atoms with Crippen LogP contribution in [0.15, 0.2) is 20.2 Å². The maximum Gasteiger partial charge on any atom is 0.330 e. The van der Waals surface area contributed by atoms with Crippen molar-refractivity contribution < 1.29 is 4.52 Å². The largest absolute Gasteiger partial charge is 0.339 e. The first-order valence-electron chi connectivity index (χ1n) is 7.74. The van der Waals surface area contributed by atoms with Crippen LogP contribution in [0.5, 0.6) is 0 Å². The van der Waals surface area contributed by atoms with Gasteiger partial charge in [-0.2, -0.15) is 4.98 Å². The van der Waals surface area contributed by atoms with Crippen molar-refractivity contribution in [1.82, 2.24) is 24.2 Å². The Bertz CT molecular complexity index is 819. The van der Waals surface area contributed by atoms with Gasteiger partial charge in [0.15, 0.2) is 5.82 Å². The predicted octanol–water partition coefficient (Wildman–Crippen LogP) is 0.155. The van der Waals surface area contributed by atoms with Gasteiger partial charge in [-0.05, 0) is 26.3 Å². The highest BCUT2D eigenvalue weighted by Crippen LogP contribution is 2.26. The SMILES string of the molecule is Cc1noc([C@H]2CCCN(Cc3cc(=O)n(C)c(=O)n3C)C2)n1. The predicted molar refractivity (Wildman–Crippen MR) is 83.2 cm³/mol. The molecular formula is C15H21N5O3. The molecule has 3 rings (SSSR count). The molecule has 0 radical (unpaired) electrons. The molecule has 0 saturated carbocycles. The second kappa shape index (κ2) is 6.11. The molecule has 8 heteroatoms. The Kier molecular flexibility index (Phi) is 4.16. The third kappa shape index (κ3) is 3.12. The van der Waals surface area contributed by atoms with Crippen molar-refractivity contribution in [3.05, 3.63) is 44.3 Å². The van der Waals surface area contributed by atoms with Gasteiger partial charge in [0.2, 0.25) is 5.89 Å². The topological polar surface area (TPSA) is 86.2 Å². The zero-order chi connectivity index (χ0) is 16.6. The van der Waals surface area contributed by atoms with Crippen LogP contribution >= 0.6 is 0 Å². The summed E-state index contributed by atoms with van der Waals surface area (Å²) < 4.78 is 7.93. The average molecular weight is 319 g/mol. The molecule has 1 atom stereocenters. The minimum atomic E-state index is -0.298. The van der Waals surface area contributed by atoms with Crippen LogP contribution < -0.4 is 11.2 Å². The lowest BCUT2D eigenvalue weighted by molar-refractivity contribution is 0.176. The Balaban J connectivity index is 1.78. The highest BCUT2D eigenvalue weighted by Gasteiger charge is 2.26. The van der Waals surface area contributed by atoms with Crippen LogP contribution in [-0.4, -0.2) is 37.3 Å². The highest BCUT2D eigenvalue weighted by atomic mass is 16.5. The third-order valence-corrected chi connectivity index (χ3v) is 4.41. The number of hydrogen-bond donors (Lipinski definition) is 0. The maximum atomic E-state index is 12.0. The van der Waals surface area contributed by atoms with Gasteiger partial charge in [0.05, 0.1) is 5.92 Å². The molecule has 23 heavy (non-hydrogen) atoms. The summed E-state index contributed by atoms with van der Waals surface area (Å²) >= 11 is 0. The van der Waals surface area contributed by atoms with Crippen LogP contribution in [0.3, 0.4) is 0 Å². The number of nitrogens with zero attached hydrogens (tertiary/aromatic N) is 5. The molecule has 0 aliphatic carbocycles. The van der Waals surface area contributed by atoms with Gasteiger partial charge in [0.25, 0.3) is 5.56 Å². The quantitative estimate of drug-likeness (QED) is 0.801. The van der Waals surface area contributed by atoms with Gasteiger partial charge in [0.1, 0.15) is 0 Å². The third-order valence-electron chi connectivity index (χ3n) is 4.41. The number of rotatable bonds is 3. The molecule has 124 valence electrons. The molecule has 3 heterocycles. The lowest BCUT2D eigenvalue weighted by Crippen LogP contribution is -2.41. The molecule has 0 unspecified atom stereocenters. The Morgan fingerprint density at radius 1 is 1.30 bits per heavy atom. The van der Waals surface area contributed by atoms with E-state index in [1.165, 1.54) is 17.7 Å². The molecule has 8 nitrogen and oxygen atoms in total. The Labute approximate surface area is 133 Å². The van der Waals surface area contributed by atoms with Crippen LogP contribution in [0.4, 0.5) is 0 Å². The molecule has 1 saturated heterocycles. The lowest BCUT2D eigenvalue weighted by Gasteiger charge is -2.31. The van der Waals surface area contributed by atoms with Crippen molar-refractivity contribution in [1.29, 1.82) is 0 Å². The molecule has 0 amide bonds. The summed E-state index contributed by atoms with van der Waals surface area (Å²) in [5, 5.41) is 3.85. The standard InChI is InChI=1S/C15H21N5O3/c1-10-16-14(23-17-10)11-5-4-6-20(8-11)9-12-7-13(21)19(3)15(22)18(12)2/h7,11H,4-6,8-9H2,1-3H3/t11-/m0/s1. The molecule has 0 aromatic carbocycles. The minimum absolute atomic E-state index is 0.202. The van der Waals surface area contributed by atoms with Crippen molar-refractivity contribution in [2.75, 3.05) is 13.1 Å². The van der Waals surface area contributed by atoms with Crippen molar-refractivity contribution in [2.45, 2.75) is 32.2 Å². The van der Waals surface area contributed by atoms with E-state index in [4.69, 9.17) is 4.52 Å². The van der Waals surface area contributed by atoms with E-state index in [1.807, 2.05) is 6.92 Å². The first kappa shape index (κ1) is 15.7. The molecule has 2 aromatic heterocycles. The average Bonchev–Trinajstić information content (AvgIpc) is 2.97. The zero-order valence-electron chi connectivity index (χ0n) is 13.7. The number of aromatic nitrogens is 4. The fourth-order valence-corrected chi connectivity index (χ4v) is 3.04. The second-order valence-corrected chi connectivity index (χ2v) is 6.13. The summed E-state index contributed by atoms with van der Waals surface area (Å²) in [6.45, 7) is 4.08. The van der Waals surface area contributed by atoms with Crippen molar-refractivity contribution in [2.24, 2.45) is 14.1 Å². The summed E-state index contributed by atoms with van der Waals surface area (Å²) in [7, 11) is 3.18. The van der Waals surface area contributed by atoms with Gasteiger partial charge in [-0.1, -0.05) is 5.16 Å². The molecule has 0 N–H and O–H groups in total. The van der Waals surface area contributed by atoms with Crippen molar-refractivity contribution in [3.8, 4) is 0 Å². The maximum absolute atomic E-state index is 12.0. The Morgan fingerprint density at radius 3 is 2.78 bits per heavy atom. The molecule has 0 bridgehead atoms. The summed E-state index contributed by atoms with van der Waals surface area (Å²) in [6.07, 6.45) is 2.03. The van der Waals surface area contributed by atoms with Crippen LogP contribution in [0, 0.1) is 6.92 Å². The molecule has 1 aliphatic heterocycles. The second-order valence-electron chi connectivity index (χ2n) is 6.13. The molecular weight excluding hydrogens is 298 g/mol. The van der Waals surface area contributed by atoms with E-state index in [0.29, 0.717) is 18.3 Å². The van der Waals surface area contributed by atoms with Crippen LogP contribution in [-0.2, 0) is 20.6 Å². The van der Waals surface area contributed by atoms with Gasteiger partial charge >= 0.3 is 5.69 Å². The molecule has 1 fully saturated rings. The van der Waals surface area contributed by atoms with Gasteiger partial charge in [-0.3, -0.25) is 18.8 Å². The summed E-state index contributed by atoms with van der Waals surface area (Å²) in [4.78, 5) is 30.4. The van der Waals surface area contributed by atoms with E-state index in [-0.39, 0.29) is 17.2 Å². The Hall–Kier alpha value is -2.22. The number of aryl methyl sites for hydroxylation is 1.